The Morgan fingerprint density at radius 2 is 1.68 bits per heavy atom. The van der Waals surface area contributed by atoms with Crippen LogP contribution in [0.15, 0.2) is 0 Å². The topological polar surface area (TPSA) is 69.1 Å². The summed E-state index contributed by atoms with van der Waals surface area (Å²) in [6.07, 6.45) is 8.20. The molecule has 6 heteroatoms. The van der Waals surface area contributed by atoms with Crippen molar-refractivity contribution in [2.45, 2.75) is 43.9 Å². The Balaban J connectivity index is 1.68. The van der Waals surface area contributed by atoms with Crippen LogP contribution in [0.25, 0.3) is 4.96 Å². The van der Waals surface area contributed by atoms with Gasteiger partial charge in [-0.3, -0.25) is 0 Å². The van der Waals surface area contributed by atoms with Crippen LogP contribution in [0.1, 0.15) is 44.3 Å². The molecule has 0 aromatic carbocycles. The van der Waals surface area contributed by atoms with E-state index in [-0.39, 0.29) is 5.41 Å². The third-order valence-electron chi connectivity index (χ3n) is 5.52. The molecular weight excluding hydrogens is 258 g/mol. The largest absolute Gasteiger partial charge is 0.374 e. The van der Waals surface area contributed by atoms with Gasteiger partial charge in [0, 0.05) is 5.41 Å². The van der Waals surface area contributed by atoms with Crippen molar-refractivity contribution in [1.82, 2.24) is 19.8 Å². The SMILES string of the molecule is Nc1nn2c(C34CC5CC(CC(C5)C3)C4)nnc2s1. The Hall–Kier alpha value is -1.17. The summed E-state index contributed by atoms with van der Waals surface area (Å²) in [5, 5.41) is 13.8. The molecule has 100 valence electrons. The van der Waals surface area contributed by atoms with Crippen molar-refractivity contribution >= 4 is 21.4 Å². The minimum Gasteiger partial charge on any atom is -0.374 e. The number of nitrogens with zero attached hydrogens (tertiary/aromatic N) is 4. The van der Waals surface area contributed by atoms with E-state index in [1.807, 2.05) is 4.52 Å². The van der Waals surface area contributed by atoms with E-state index in [0.29, 0.717) is 5.13 Å². The molecule has 5 nitrogen and oxygen atoms in total. The summed E-state index contributed by atoms with van der Waals surface area (Å²) in [6, 6.07) is 0. The minimum absolute atomic E-state index is 0.245. The average Bonchev–Trinajstić information content (AvgIpc) is 2.85. The molecule has 6 rings (SSSR count). The summed E-state index contributed by atoms with van der Waals surface area (Å²) in [5.41, 5.74) is 6.06. The second-order valence-corrected chi connectivity index (χ2v) is 7.84. The van der Waals surface area contributed by atoms with E-state index in [9.17, 15) is 0 Å². The van der Waals surface area contributed by atoms with Crippen LogP contribution < -0.4 is 5.73 Å². The molecular formula is C13H17N5S. The number of hydrogen-bond donors (Lipinski definition) is 1. The lowest BCUT2D eigenvalue weighted by Gasteiger charge is -2.55. The molecule has 4 aliphatic carbocycles. The highest BCUT2D eigenvalue weighted by Crippen LogP contribution is 2.60. The Labute approximate surface area is 115 Å². The van der Waals surface area contributed by atoms with Gasteiger partial charge in [-0.15, -0.1) is 15.3 Å². The molecule has 0 unspecified atom stereocenters. The number of nitrogen functional groups attached to an aromatic ring is 1. The Kier molecular flexibility index (Phi) is 1.83. The maximum absolute atomic E-state index is 5.81. The molecule has 0 saturated heterocycles. The van der Waals surface area contributed by atoms with E-state index in [4.69, 9.17) is 5.73 Å². The molecule has 2 aromatic heterocycles. The number of fused-ring (bicyclic) bond motifs is 1. The predicted molar refractivity (Wildman–Crippen MR) is 72.9 cm³/mol. The van der Waals surface area contributed by atoms with E-state index in [1.165, 1.54) is 49.9 Å². The molecule has 2 N–H and O–H groups in total. The van der Waals surface area contributed by atoms with Crippen LogP contribution in [-0.2, 0) is 5.41 Å². The summed E-state index contributed by atoms with van der Waals surface area (Å²) < 4.78 is 1.92. The molecule has 0 aliphatic heterocycles. The fraction of sp³-hybridized carbons (Fsp3) is 0.769. The van der Waals surface area contributed by atoms with Crippen LogP contribution in [-0.4, -0.2) is 19.8 Å². The molecule has 4 fully saturated rings. The Bertz CT molecular complexity index is 622. The van der Waals surface area contributed by atoms with Crippen molar-refractivity contribution in [2.24, 2.45) is 17.8 Å². The molecule has 2 aromatic rings. The van der Waals surface area contributed by atoms with Crippen molar-refractivity contribution in [1.29, 1.82) is 0 Å². The van der Waals surface area contributed by atoms with Crippen LogP contribution in [0.4, 0.5) is 5.13 Å². The number of aromatic nitrogens is 4. The van der Waals surface area contributed by atoms with Crippen LogP contribution in [0, 0.1) is 17.8 Å². The van der Waals surface area contributed by atoms with Crippen molar-refractivity contribution in [3.8, 4) is 0 Å². The first-order valence-corrected chi connectivity index (χ1v) is 8.02. The first-order chi connectivity index (χ1) is 9.22. The summed E-state index contributed by atoms with van der Waals surface area (Å²) in [4.78, 5) is 0.850. The van der Waals surface area contributed by atoms with E-state index >= 15 is 0 Å². The van der Waals surface area contributed by atoms with Crippen LogP contribution in [0.5, 0.6) is 0 Å². The van der Waals surface area contributed by atoms with Crippen LogP contribution in [0.3, 0.4) is 0 Å². The average molecular weight is 275 g/mol. The van der Waals surface area contributed by atoms with Gasteiger partial charge < -0.3 is 5.73 Å². The van der Waals surface area contributed by atoms with Gasteiger partial charge >= 0.3 is 0 Å². The zero-order valence-electron chi connectivity index (χ0n) is 10.7. The lowest BCUT2D eigenvalue weighted by Crippen LogP contribution is -2.49. The molecule has 4 saturated carbocycles. The lowest BCUT2D eigenvalue weighted by atomic mass is 9.49. The third-order valence-corrected chi connectivity index (χ3v) is 6.25. The summed E-state index contributed by atoms with van der Waals surface area (Å²) in [5.74, 6) is 3.83. The van der Waals surface area contributed by atoms with Crippen molar-refractivity contribution < 1.29 is 0 Å². The van der Waals surface area contributed by atoms with E-state index in [0.717, 1.165) is 28.5 Å². The van der Waals surface area contributed by atoms with Gasteiger partial charge in [0.25, 0.3) is 0 Å². The van der Waals surface area contributed by atoms with Gasteiger partial charge in [-0.2, -0.15) is 4.52 Å². The number of rotatable bonds is 1. The first kappa shape index (κ1) is 10.6. The van der Waals surface area contributed by atoms with E-state index in [1.54, 1.807) is 0 Å². The van der Waals surface area contributed by atoms with Crippen molar-refractivity contribution in [3.05, 3.63) is 5.82 Å². The molecule has 0 spiro atoms. The van der Waals surface area contributed by atoms with Gasteiger partial charge in [0.15, 0.2) is 5.82 Å². The molecule has 0 atom stereocenters. The molecule has 0 radical (unpaired) electrons. The van der Waals surface area contributed by atoms with Gasteiger partial charge in [0.05, 0.1) is 0 Å². The van der Waals surface area contributed by atoms with E-state index < -0.39 is 0 Å². The highest BCUT2D eigenvalue weighted by atomic mass is 32.1. The smallest absolute Gasteiger partial charge is 0.236 e. The monoisotopic (exact) mass is 275 g/mol. The standard InChI is InChI=1S/C13H17N5S/c14-11-17-18-10(15-16-12(18)19-11)13-4-7-1-8(5-13)3-9(2-7)6-13/h7-9H,1-6H2,(H2,14,17). The quantitative estimate of drug-likeness (QED) is 0.866. The third kappa shape index (κ3) is 1.33. The molecule has 2 heterocycles. The minimum atomic E-state index is 0.245. The zero-order chi connectivity index (χ0) is 12.6. The zero-order valence-corrected chi connectivity index (χ0v) is 11.6. The maximum atomic E-state index is 5.81. The van der Waals surface area contributed by atoms with Gasteiger partial charge in [-0.05, 0) is 56.3 Å². The fourth-order valence-corrected chi connectivity index (χ4v) is 5.95. The fourth-order valence-electron chi connectivity index (χ4n) is 5.35. The van der Waals surface area contributed by atoms with Crippen LogP contribution in [0.2, 0.25) is 0 Å². The second kappa shape index (κ2) is 3.29. The van der Waals surface area contributed by atoms with Crippen molar-refractivity contribution in [2.75, 3.05) is 5.73 Å². The van der Waals surface area contributed by atoms with Gasteiger partial charge in [0.2, 0.25) is 10.1 Å². The highest BCUT2D eigenvalue weighted by Gasteiger charge is 2.54. The van der Waals surface area contributed by atoms with Gasteiger partial charge in [0.1, 0.15) is 0 Å². The maximum Gasteiger partial charge on any atom is 0.236 e. The van der Waals surface area contributed by atoms with Gasteiger partial charge in [-0.25, -0.2) is 0 Å². The lowest BCUT2D eigenvalue weighted by molar-refractivity contribution is -0.0103. The summed E-state index contributed by atoms with van der Waals surface area (Å²) in [7, 11) is 0. The number of anilines is 1. The van der Waals surface area contributed by atoms with Crippen LogP contribution >= 0.6 is 11.3 Å². The molecule has 0 amide bonds. The molecule has 4 bridgehead atoms. The van der Waals surface area contributed by atoms with Crippen molar-refractivity contribution in [3.63, 3.8) is 0 Å². The normalized spacial score (nSPS) is 40.3. The highest BCUT2D eigenvalue weighted by molar-refractivity contribution is 7.20. The summed E-state index contributed by atoms with van der Waals surface area (Å²) in [6.45, 7) is 0. The number of nitrogens with two attached hydrogens (primary N) is 1. The predicted octanol–water partition coefficient (Wildman–Crippen LogP) is 2.24. The molecule has 19 heavy (non-hydrogen) atoms. The Morgan fingerprint density at radius 1 is 1.05 bits per heavy atom. The second-order valence-electron chi connectivity index (χ2n) is 6.86. The van der Waals surface area contributed by atoms with E-state index in [2.05, 4.69) is 15.3 Å². The Morgan fingerprint density at radius 3 is 2.32 bits per heavy atom. The number of hydrogen-bond acceptors (Lipinski definition) is 5. The molecule has 4 aliphatic rings. The van der Waals surface area contributed by atoms with Gasteiger partial charge in [-0.1, -0.05) is 11.3 Å². The summed E-state index contributed by atoms with van der Waals surface area (Å²) >= 11 is 1.43. The first-order valence-electron chi connectivity index (χ1n) is 7.20.